The zero-order chi connectivity index (χ0) is 44.4. The van der Waals surface area contributed by atoms with Gasteiger partial charge in [-0.3, -0.25) is 14.4 Å². The summed E-state index contributed by atoms with van der Waals surface area (Å²) in [5.41, 5.74) is 0. The number of unbranched alkanes of at least 4 members (excludes halogenated alkanes) is 17. The second-order valence-electron chi connectivity index (χ2n) is 15.5. The second kappa shape index (κ2) is 48.5. The van der Waals surface area contributed by atoms with E-state index in [0.717, 1.165) is 64.2 Å². The predicted molar refractivity (Wildman–Crippen MR) is 260 cm³/mol. The molecule has 0 spiro atoms. The summed E-state index contributed by atoms with van der Waals surface area (Å²) in [6, 6.07) is 0. The molecule has 0 heterocycles. The summed E-state index contributed by atoms with van der Waals surface area (Å²) in [6.07, 6.45) is 66.2. The van der Waals surface area contributed by atoms with Gasteiger partial charge in [0, 0.05) is 19.3 Å². The van der Waals surface area contributed by atoms with Crippen molar-refractivity contribution in [3.05, 3.63) is 122 Å². The SMILES string of the molecule is CC\C=C/C=C\C=C/C=C\C=C/CCCC(=O)OC(COC(=O)CCCCC\C=C/C=C\C=C/C=C\CC)COC(=O)CCCCCCCCC/C=C\CCCCCCCC. The molecular formula is C55H86O6. The summed E-state index contributed by atoms with van der Waals surface area (Å²) in [7, 11) is 0. The molecule has 0 aliphatic rings. The van der Waals surface area contributed by atoms with Gasteiger partial charge in [0.15, 0.2) is 6.10 Å². The highest BCUT2D eigenvalue weighted by atomic mass is 16.6. The van der Waals surface area contributed by atoms with E-state index in [1.165, 1.54) is 77.0 Å². The summed E-state index contributed by atoms with van der Waals surface area (Å²) in [4.78, 5) is 37.8. The van der Waals surface area contributed by atoms with Gasteiger partial charge in [0.05, 0.1) is 0 Å². The van der Waals surface area contributed by atoms with Crippen molar-refractivity contribution in [2.75, 3.05) is 13.2 Å². The summed E-state index contributed by atoms with van der Waals surface area (Å²) < 4.78 is 16.6. The molecule has 0 fully saturated rings. The van der Waals surface area contributed by atoms with Crippen molar-refractivity contribution < 1.29 is 28.6 Å². The van der Waals surface area contributed by atoms with Crippen molar-refractivity contribution in [3.8, 4) is 0 Å². The highest BCUT2D eigenvalue weighted by Gasteiger charge is 2.19. The Hall–Kier alpha value is -4.19. The third-order valence-electron chi connectivity index (χ3n) is 9.65. The molecule has 0 aromatic carbocycles. The third kappa shape index (κ3) is 46.7. The lowest BCUT2D eigenvalue weighted by Crippen LogP contribution is -2.30. The second-order valence-corrected chi connectivity index (χ2v) is 15.5. The van der Waals surface area contributed by atoms with Gasteiger partial charge in [0.1, 0.15) is 13.2 Å². The van der Waals surface area contributed by atoms with Crippen LogP contribution >= 0.6 is 0 Å². The van der Waals surface area contributed by atoms with Crippen molar-refractivity contribution in [2.45, 2.75) is 194 Å². The van der Waals surface area contributed by atoms with Crippen molar-refractivity contribution in [1.29, 1.82) is 0 Å². The Morgan fingerprint density at radius 3 is 1.11 bits per heavy atom. The van der Waals surface area contributed by atoms with Crippen LogP contribution < -0.4 is 0 Å². The Bertz CT molecular complexity index is 1340. The number of carbonyl (C=O) groups is 3. The van der Waals surface area contributed by atoms with Gasteiger partial charge in [-0.1, -0.05) is 213 Å². The monoisotopic (exact) mass is 843 g/mol. The molecule has 0 saturated carbocycles. The number of esters is 3. The molecule has 0 N–H and O–H groups in total. The van der Waals surface area contributed by atoms with Crippen LogP contribution in [0.25, 0.3) is 0 Å². The number of ether oxygens (including phenoxy) is 3. The van der Waals surface area contributed by atoms with Crippen molar-refractivity contribution >= 4 is 17.9 Å². The number of carbonyl (C=O) groups excluding carboxylic acids is 3. The molecule has 0 bridgehead atoms. The molecule has 6 nitrogen and oxygen atoms in total. The van der Waals surface area contributed by atoms with Crippen LogP contribution in [0.3, 0.4) is 0 Å². The Morgan fingerprint density at radius 2 is 0.672 bits per heavy atom. The van der Waals surface area contributed by atoms with E-state index >= 15 is 0 Å². The highest BCUT2D eigenvalue weighted by Crippen LogP contribution is 2.13. The Labute approximate surface area is 373 Å². The normalized spacial score (nSPS) is 13.2. The van der Waals surface area contributed by atoms with Crippen molar-refractivity contribution in [1.82, 2.24) is 0 Å². The lowest BCUT2D eigenvalue weighted by atomic mass is 10.1. The average Bonchev–Trinajstić information content (AvgIpc) is 3.26. The molecule has 0 aliphatic carbocycles. The van der Waals surface area contributed by atoms with E-state index in [2.05, 4.69) is 51.2 Å². The minimum atomic E-state index is -0.835. The molecule has 0 radical (unpaired) electrons. The van der Waals surface area contributed by atoms with Crippen LogP contribution in [0.5, 0.6) is 0 Å². The van der Waals surface area contributed by atoms with Crippen LogP contribution in [-0.4, -0.2) is 37.2 Å². The van der Waals surface area contributed by atoms with Gasteiger partial charge >= 0.3 is 17.9 Å². The lowest BCUT2D eigenvalue weighted by molar-refractivity contribution is -0.167. The molecule has 0 saturated heterocycles. The summed E-state index contributed by atoms with van der Waals surface area (Å²) in [6.45, 7) is 6.22. The van der Waals surface area contributed by atoms with E-state index in [0.29, 0.717) is 19.3 Å². The Balaban J connectivity index is 4.55. The zero-order valence-corrected chi connectivity index (χ0v) is 38.9. The summed E-state index contributed by atoms with van der Waals surface area (Å²) in [5.74, 6) is -1.06. The van der Waals surface area contributed by atoms with Crippen LogP contribution in [0.2, 0.25) is 0 Å². The van der Waals surface area contributed by atoms with E-state index in [1.54, 1.807) is 0 Å². The smallest absolute Gasteiger partial charge is 0.306 e. The van der Waals surface area contributed by atoms with Gasteiger partial charge in [-0.2, -0.15) is 0 Å². The van der Waals surface area contributed by atoms with Crippen LogP contribution in [-0.2, 0) is 28.6 Å². The number of allylic oxidation sites excluding steroid dienone is 20. The summed E-state index contributed by atoms with van der Waals surface area (Å²) in [5, 5.41) is 0. The quantitative estimate of drug-likeness (QED) is 0.0201. The maximum atomic E-state index is 12.7. The fourth-order valence-corrected chi connectivity index (χ4v) is 6.06. The molecular weight excluding hydrogens is 757 g/mol. The zero-order valence-electron chi connectivity index (χ0n) is 38.9. The third-order valence-corrected chi connectivity index (χ3v) is 9.65. The van der Waals surface area contributed by atoms with E-state index in [4.69, 9.17) is 14.2 Å². The minimum absolute atomic E-state index is 0.125. The van der Waals surface area contributed by atoms with Gasteiger partial charge in [-0.15, -0.1) is 0 Å². The maximum absolute atomic E-state index is 12.7. The fraction of sp³-hybridized carbons (Fsp3) is 0.582. The van der Waals surface area contributed by atoms with Gasteiger partial charge in [0.25, 0.3) is 0 Å². The van der Waals surface area contributed by atoms with E-state index in [9.17, 15) is 14.4 Å². The van der Waals surface area contributed by atoms with Gasteiger partial charge < -0.3 is 14.2 Å². The van der Waals surface area contributed by atoms with Crippen molar-refractivity contribution in [3.63, 3.8) is 0 Å². The van der Waals surface area contributed by atoms with E-state index < -0.39 is 12.1 Å². The first kappa shape index (κ1) is 56.8. The van der Waals surface area contributed by atoms with Crippen LogP contribution in [0.15, 0.2) is 122 Å². The maximum Gasteiger partial charge on any atom is 0.306 e. The van der Waals surface area contributed by atoms with Crippen LogP contribution in [0.1, 0.15) is 188 Å². The molecule has 0 amide bonds. The average molecular weight is 843 g/mol. The molecule has 0 aromatic rings. The number of hydrogen-bond donors (Lipinski definition) is 0. The molecule has 1 unspecified atom stereocenters. The molecule has 1 atom stereocenters. The first-order valence-corrected chi connectivity index (χ1v) is 24.2. The summed E-state index contributed by atoms with van der Waals surface area (Å²) >= 11 is 0. The Kier molecular flexibility index (Phi) is 45.1. The standard InChI is InChI=1S/C55H86O6/c1-4-7-10-13-16-19-22-25-26-27-28-31-33-36-39-42-45-48-54(57)60-51-52(61-55(58)49-46-43-40-37-34-30-24-21-18-15-12-9-6-3)50-59-53(56)47-44-41-38-35-32-29-23-20-17-14-11-8-5-2/h8-9,11-12,14-15,17-18,20-21,23-26,29-30,32,34,37,40,52H,4-7,10,13,16,19,22,27-28,31,33,35-36,38-39,41-51H2,1-3H3/b11-8-,12-9-,17-14-,18-15-,23-20-,24-21-,26-25-,32-29-,34-30-,40-37-. The number of rotatable bonds is 41. The van der Waals surface area contributed by atoms with Gasteiger partial charge in [-0.25, -0.2) is 0 Å². The Morgan fingerprint density at radius 1 is 0.344 bits per heavy atom. The first-order chi connectivity index (χ1) is 30.0. The minimum Gasteiger partial charge on any atom is -0.462 e. The number of hydrogen-bond acceptors (Lipinski definition) is 6. The molecule has 0 aromatic heterocycles. The molecule has 0 aliphatic heterocycles. The molecule has 342 valence electrons. The topological polar surface area (TPSA) is 78.9 Å². The first-order valence-electron chi connectivity index (χ1n) is 24.2. The lowest BCUT2D eigenvalue weighted by Gasteiger charge is -2.18. The van der Waals surface area contributed by atoms with E-state index in [1.807, 2.05) is 91.1 Å². The fourth-order valence-electron chi connectivity index (χ4n) is 6.06. The van der Waals surface area contributed by atoms with Gasteiger partial charge in [0.2, 0.25) is 0 Å². The predicted octanol–water partition coefficient (Wildman–Crippen LogP) is 15.7. The van der Waals surface area contributed by atoms with E-state index in [-0.39, 0.29) is 31.6 Å². The molecule has 0 rings (SSSR count). The van der Waals surface area contributed by atoms with Crippen LogP contribution in [0, 0.1) is 0 Å². The van der Waals surface area contributed by atoms with Crippen molar-refractivity contribution in [2.24, 2.45) is 0 Å². The molecule has 61 heavy (non-hydrogen) atoms. The largest absolute Gasteiger partial charge is 0.462 e. The van der Waals surface area contributed by atoms with Gasteiger partial charge in [-0.05, 0) is 77.0 Å². The highest BCUT2D eigenvalue weighted by molar-refractivity contribution is 5.71. The molecule has 6 heteroatoms. The van der Waals surface area contributed by atoms with Crippen LogP contribution in [0.4, 0.5) is 0 Å².